The molecule has 16 heavy (non-hydrogen) atoms. The molecule has 1 aliphatic carbocycles. The molecule has 0 aliphatic heterocycles. The van der Waals surface area contributed by atoms with Gasteiger partial charge in [-0.1, -0.05) is 12.8 Å². The van der Waals surface area contributed by atoms with Crippen molar-refractivity contribution in [3.8, 4) is 0 Å². The molecular weight excluding hydrogens is 227 g/mol. The molecule has 1 saturated carbocycles. The second-order valence-corrected chi connectivity index (χ2v) is 5.31. The summed E-state index contributed by atoms with van der Waals surface area (Å²) in [6.07, 6.45) is 8.56. The highest BCUT2D eigenvalue weighted by Crippen LogP contribution is 2.29. The van der Waals surface area contributed by atoms with Crippen molar-refractivity contribution in [2.45, 2.75) is 51.0 Å². The minimum absolute atomic E-state index is 0.418. The molecule has 5 heteroatoms. The lowest BCUT2D eigenvalue weighted by molar-refractivity contribution is 0.0550. The molecule has 0 aromatic carbocycles. The highest BCUT2D eigenvalue weighted by atomic mass is 31.1. The van der Waals surface area contributed by atoms with E-state index in [2.05, 4.69) is 4.52 Å². The van der Waals surface area contributed by atoms with Gasteiger partial charge in [-0.2, -0.15) is 0 Å². The van der Waals surface area contributed by atoms with E-state index in [4.69, 9.17) is 9.63 Å². The summed E-state index contributed by atoms with van der Waals surface area (Å²) in [6, 6.07) is 0. The minimum atomic E-state index is -2.72. The Balaban J connectivity index is 1.96. The van der Waals surface area contributed by atoms with Crippen molar-refractivity contribution in [2.75, 3.05) is 13.7 Å². The highest BCUT2D eigenvalue weighted by Gasteiger charge is 2.20. The third kappa shape index (κ3) is 6.00. The molecule has 0 aromatic rings. The fraction of sp³-hybridized carbons (Fsp3) is 1.00. The Hall–Kier alpha value is 0.110. The molecule has 4 nitrogen and oxygen atoms in total. The summed E-state index contributed by atoms with van der Waals surface area (Å²) in [7, 11) is -0.925. The zero-order valence-corrected chi connectivity index (χ0v) is 11.0. The lowest BCUT2D eigenvalue weighted by atomic mass is 9.84. The zero-order valence-electron chi connectivity index (χ0n) is 9.98. The summed E-state index contributed by atoms with van der Waals surface area (Å²) >= 11 is 0. The van der Waals surface area contributed by atoms with Crippen LogP contribution < -0.4 is 0 Å². The van der Waals surface area contributed by atoms with E-state index in [1.165, 1.54) is 32.1 Å². The molecule has 0 amide bonds. The first-order valence-electron chi connectivity index (χ1n) is 6.11. The normalized spacial score (nSPS) is 27.9. The van der Waals surface area contributed by atoms with Crippen molar-refractivity contribution in [1.82, 2.24) is 0 Å². The quantitative estimate of drug-likeness (QED) is 0.557. The van der Waals surface area contributed by atoms with Crippen LogP contribution >= 0.6 is 8.25 Å². The Morgan fingerprint density at radius 3 is 2.50 bits per heavy atom. The number of ether oxygens (including phenoxy) is 1. The number of hydrogen-bond acceptors (Lipinski definition) is 3. The Morgan fingerprint density at radius 1 is 1.25 bits per heavy atom. The molecule has 1 aliphatic rings. The van der Waals surface area contributed by atoms with Gasteiger partial charge < -0.3 is 14.2 Å². The highest BCUT2D eigenvalue weighted by molar-refractivity contribution is 7.32. The lowest BCUT2D eigenvalue weighted by Crippen LogP contribution is -2.20. The van der Waals surface area contributed by atoms with Crippen LogP contribution in [0.4, 0.5) is 0 Å². The largest absolute Gasteiger partial charge is 0.381 e. The van der Waals surface area contributed by atoms with Gasteiger partial charge in [0, 0.05) is 7.11 Å². The van der Waals surface area contributed by atoms with Gasteiger partial charge in [-0.15, -0.1) is 0 Å². The first kappa shape index (κ1) is 14.2. The third-order valence-corrected chi connectivity index (χ3v) is 3.81. The third-order valence-electron chi connectivity index (χ3n) is 3.36. The number of hydrogen-bond donors (Lipinski definition) is 1. The van der Waals surface area contributed by atoms with Crippen LogP contribution in [-0.2, 0) is 13.8 Å². The van der Waals surface area contributed by atoms with E-state index >= 15 is 0 Å². The van der Waals surface area contributed by atoms with Crippen molar-refractivity contribution >= 4 is 8.25 Å². The molecule has 1 rings (SSSR count). The van der Waals surface area contributed by atoms with Crippen molar-refractivity contribution < 1.29 is 18.7 Å². The van der Waals surface area contributed by atoms with Gasteiger partial charge in [-0.25, -0.2) is 0 Å². The molecule has 0 bridgehead atoms. The summed E-state index contributed by atoms with van der Waals surface area (Å²) in [5.74, 6) is 0.817. The molecule has 1 atom stereocenters. The maximum Gasteiger partial charge on any atom is 0.316 e. The number of unbranched alkanes of at least 4 members (excludes halogenated alkanes) is 1. The van der Waals surface area contributed by atoms with Gasteiger partial charge in [0.25, 0.3) is 0 Å². The second-order valence-electron chi connectivity index (χ2n) is 4.49. The van der Waals surface area contributed by atoms with E-state index in [1.54, 1.807) is 7.11 Å². The van der Waals surface area contributed by atoms with E-state index in [9.17, 15) is 4.57 Å². The van der Waals surface area contributed by atoms with E-state index in [0.717, 1.165) is 18.8 Å². The molecule has 0 spiro atoms. The van der Waals surface area contributed by atoms with Crippen LogP contribution in [0.25, 0.3) is 0 Å². The first-order chi connectivity index (χ1) is 7.72. The van der Waals surface area contributed by atoms with Crippen molar-refractivity contribution in [3.63, 3.8) is 0 Å². The molecule has 96 valence electrons. The van der Waals surface area contributed by atoms with E-state index < -0.39 is 8.25 Å². The van der Waals surface area contributed by atoms with Crippen LogP contribution in [0.2, 0.25) is 0 Å². The molecule has 1 N–H and O–H groups in total. The molecule has 1 unspecified atom stereocenters. The van der Waals surface area contributed by atoms with Crippen LogP contribution in [0.1, 0.15) is 44.9 Å². The Morgan fingerprint density at radius 2 is 1.94 bits per heavy atom. The van der Waals surface area contributed by atoms with Gasteiger partial charge in [0.2, 0.25) is 0 Å². The van der Waals surface area contributed by atoms with Crippen LogP contribution in [0.5, 0.6) is 0 Å². The monoisotopic (exact) mass is 250 g/mol. The number of rotatable bonds is 7. The van der Waals surface area contributed by atoms with Crippen LogP contribution in [-0.4, -0.2) is 24.7 Å². The zero-order chi connectivity index (χ0) is 11.8. The van der Waals surface area contributed by atoms with Gasteiger partial charge in [-0.3, -0.25) is 4.57 Å². The summed E-state index contributed by atoms with van der Waals surface area (Å²) < 4.78 is 20.3. The molecular formula is C11H23O4P. The van der Waals surface area contributed by atoms with Gasteiger partial charge in [0.15, 0.2) is 0 Å². The van der Waals surface area contributed by atoms with Crippen LogP contribution in [0.3, 0.4) is 0 Å². The minimum Gasteiger partial charge on any atom is -0.381 e. The van der Waals surface area contributed by atoms with Crippen LogP contribution in [0.15, 0.2) is 0 Å². The Kier molecular flexibility index (Phi) is 7.30. The van der Waals surface area contributed by atoms with E-state index in [1.807, 2.05) is 0 Å². The molecule has 0 saturated heterocycles. The van der Waals surface area contributed by atoms with Gasteiger partial charge in [0.05, 0.1) is 12.7 Å². The van der Waals surface area contributed by atoms with Crippen molar-refractivity contribution in [3.05, 3.63) is 0 Å². The fourth-order valence-electron chi connectivity index (χ4n) is 2.35. The first-order valence-corrected chi connectivity index (χ1v) is 7.37. The van der Waals surface area contributed by atoms with Crippen molar-refractivity contribution in [1.29, 1.82) is 0 Å². The number of methoxy groups -OCH3 is 1. The smallest absolute Gasteiger partial charge is 0.316 e. The summed E-state index contributed by atoms with van der Waals surface area (Å²) in [6.45, 7) is 0.418. The molecule has 1 fully saturated rings. The predicted octanol–water partition coefficient (Wildman–Crippen LogP) is 2.76. The second kappa shape index (κ2) is 8.24. The van der Waals surface area contributed by atoms with E-state index in [-0.39, 0.29) is 0 Å². The Labute approximate surface area is 98.3 Å². The summed E-state index contributed by atoms with van der Waals surface area (Å²) in [5, 5.41) is 0. The SMILES string of the molecule is COC1CCC(CCCCO[PH](=O)O)CC1. The van der Waals surface area contributed by atoms with E-state index in [0.29, 0.717) is 12.7 Å². The maximum absolute atomic E-state index is 10.3. The average molecular weight is 250 g/mol. The van der Waals surface area contributed by atoms with Crippen LogP contribution in [0, 0.1) is 5.92 Å². The Bertz CT molecular complexity index is 202. The molecule has 0 aromatic heterocycles. The van der Waals surface area contributed by atoms with Gasteiger partial charge >= 0.3 is 8.25 Å². The fourth-order valence-corrected chi connectivity index (χ4v) is 2.67. The summed E-state index contributed by atoms with van der Waals surface area (Å²) in [5.41, 5.74) is 0. The van der Waals surface area contributed by atoms with Crippen molar-refractivity contribution in [2.24, 2.45) is 5.92 Å². The summed E-state index contributed by atoms with van der Waals surface area (Å²) in [4.78, 5) is 8.47. The van der Waals surface area contributed by atoms with Gasteiger partial charge in [-0.05, 0) is 38.0 Å². The molecule has 0 heterocycles. The predicted molar refractivity (Wildman–Crippen MR) is 63.8 cm³/mol. The maximum atomic E-state index is 10.3. The van der Waals surface area contributed by atoms with Gasteiger partial charge in [0.1, 0.15) is 0 Å². The topological polar surface area (TPSA) is 55.8 Å². The molecule has 0 radical (unpaired) electrons. The lowest BCUT2D eigenvalue weighted by Gasteiger charge is -2.27. The standard InChI is InChI=1S/C11H23O4P/c1-14-11-7-5-10(6-8-11)4-2-3-9-15-16(12)13/h10-11,16H,2-9H2,1H3,(H,12,13). The average Bonchev–Trinajstić information content (AvgIpc) is 2.29.